The normalized spacial score (nSPS) is 10.5. The van der Waals surface area contributed by atoms with Crippen molar-refractivity contribution < 1.29 is 9.18 Å². The molecular weight excluding hydrogens is 381 g/mol. The van der Waals surface area contributed by atoms with E-state index in [0.717, 1.165) is 29.8 Å². The number of amides is 1. The van der Waals surface area contributed by atoms with Crippen LogP contribution in [0.2, 0.25) is 0 Å². The van der Waals surface area contributed by atoms with Gasteiger partial charge in [0.05, 0.1) is 24.1 Å². The van der Waals surface area contributed by atoms with Crippen LogP contribution in [0.25, 0.3) is 0 Å². The van der Waals surface area contributed by atoms with Crippen LogP contribution in [0.3, 0.4) is 0 Å². The number of carbonyl (C=O) groups is 1. The zero-order valence-electron chi connectivity index (χ0n) is 17.2. The third-order valence-electron chi connectivity index (χ3n) is 4.51. The van der Waals surface area contributed by atoms with Gasteiger partial charge in [0, 0.05) is 24.8 Å². The summed E-state index contributed by atoms with van der Waals surface area (Å²) in [6, 6.07) is 12.6. The Hall–Kier alpha value is -3.48. The quantitative estimate of drug-likeness (QED) is 0.494. The molecular formula is C23H26FN5O. The first-order valence-corrected chi connectivity index (χ1v) is 10.0. The second-order valence-electron chi connectivity index (χ2n) is 6.87. The van der Waals surface area contributed by atoms with Crippen molar-refractivity contribution in [2.24, 2.45) is 0 Å². The van der Waals surface area contributed by atoms with Crippen LogP contribution in [0.1, 0.15) is 30.7 Å². The average Bonchev–Trinajstić information content (AvgIpc) is 2.75. The molecule has 0 unspecified atom stereocenters. The molecule has 2 heterocycles. The number of pyridine rings is 2. The molecule has 30 heavy (non-hydrogen) atoms. The molecule has 2 aromatic heterocycles. The molecule has 0 saturated carbocycles. The highest BCUT2D eigenvalue weighted by Gasteiger charge is 2.09. The zero-order chi connectivity index (χ0) is 21.3. The summed E-state index contributed by atoms with van der Waals surface area (Å²) in [6.07, 6.45) is 4.45. The van der Waals surface area contributed by atoms with Crippen molar-refractivity contribution in [3.8, 4) is 0 Å². The number of halogens is 1. The van der Waals surface area contributed by atoms with Gasteiger partial charge in [-0.3, -0.25) is 9.78 Å². The van der Waals surface area contributed by atoms with Crippen molar-refractivity contribution in [2.75, 3.05) is 29.0 Å². The fraction of sp³-hybridized carbons (Fsp3) is 0.261. The number of hydrogen-bond acceptors (Lipinski definition) is 5. The van der Waals surface area contributed by atoms with Gasteiger partial charge in [0.15, 0.2) is 0 Å². The van der Waals surface area contributed by atoms with Crippen LogP contribution in [0.4, 0.5) is 21.6 Å². The van der Waals surface area contributed by atoms with E-state index in [9.17, 15) is 9.18 Å². The monoisotopic (exact) mass is 407 g/mol. The summed E-state index contributed by atoms with van der Waals surface area (Å²) in [5.74, 6) is 0.160. The Labute approximate surface area is 176 Å². The van der Waals surface area contributed by atoms with Crippen LogP contribution in [0, 0.1) is 5.82 Å². The number of nitrogens with one attached hydrogen (secondary N) is 3. The number of aryl methyl sites for hydroxylation is 1. The highest BCUT2D eigenvalue weighted by atomic mass is 19.1. The Morgan fingerprint density at radius 3 is 2.60 bits per heavy atom. The molecule has 1 aromatic carbocycles. The van der Waals surface area contributed by atoms with Crippen molar-refractivity contribution in [2.45, 2.75) is 26.7 Å². The molecule has 0 fully saturated rings. The summed E-state index contributed by atoms with van der Waals surface area (Å²) in [6.45, 7) is 4.86. The van der Waals surface area contributed by atoms with E-state index in [4.69, 9.17) is 0 Å². The Balaban J connectivity index is 1.71. The summed E-state index contributed by atoms with van der Waals surface area (Å²) < 4.78 is 14.3. The molecule has 0 aliphatic rings. The third kappa shape index (κ3) is 6.01. The maximum atomic E-state index is 14.3. The molecule has 3 aromatic rings. The van der Waals surface area contributed by atoms with Gasteiger partial charge in [-0.25, -0.2) is 9.37 Å². The van der Waals surface area contributed by atoms with Gasteiger partial charge in [0.1, 0.15) is 11.6 Å². The van der Waals surface area contributed by atoms with Crippen LogP contribution in [-0.2, 0) is 17.6 Å². The molecule has 0 aliphatic heterocycles. The lowest BCUT2D eigenvalue weighted by atomic mass is 10.0. The second kappa shape index (κ2) is 10.3. The molecule has 0 bridgehead atoms. The lowest BCUT2D eigenvalue weighted by Gasteiger charge is -2.12. The maximum absolute atomic E-state index is 14.3. The molecule has 0 atom stereocenters. The van der Waals surface area contributed by atoms with E-state index in [-0.39, 0.29) is 18.3 Å². The third-order valence-corrected chi connectivity index (χ3v) is 4.51. The SMILES string of the molecule is CCNc1ccc(F)c(Cc2cc(CC)cc(NCC(=O)Nc3cccnc3)c2)n1. The van der Waals surface area contributed by atoms with E-state index < -0.39 is 0 Å². The van der Waals surface area contributed by atoms with Crippen LogP contribution in [0.5, 0.6) is 0 Å². The fourth-order valence-corrected chi connectivity index (χ4v) is 3.08. The van der Waals surface area contributed by atoms with E-state index in [1.165, 1.54) is 6.07 Å². The van der Waals surface area contributed by atoms with Gasteiger partial charge in [0.2, 0.25) is 5.91 Å². The number of rotatable bonds is 9. The predicted octanol–water partition coefficient (Wildman–Crippen LogP) is 4.25. The second-order valence-corrected chi connectivity index (χ2v) is 6.87. The number of aromatic nitrogens is 2. The number of hydrogen-bond donors (Lipinski definition) is 3. The number of anilines is 3. The first-order valence-electron chi connectivity index (χ1n) is 10.0. The summed E-state index contributed by atoms with van der Waals surface area (Å²) in [5.41, 5.74) is 3.89. The Morgan fingerprint density at radius 1 is 1.03 bits per heavy atom. The molecule has 0 saturated heterocycles. The summed E-state index contributed by atoms with van der Waals surface area (Å²) in [4.78, 5) is 20.6. The topological polar surface area (TPSA) is 78.9 Å². The van der Waals surface area contributed by atoms with Crippen molar-refractivity contribution in [3.63, 3.8) is 0 Å². The molecule has 3 rings (SSSR count). The van der Waals surface area contributed by atoms with Gasteiger partial charge in [-0.1, -0.05) is 13.0 Å². The Morgan fingerprint density at radius 2 is 1.87 bits per heavy atom. The zero-order valence-corrected chi connectivity index (χ0v) is 17.2. The van der Waals surface area contributed by atoms with Gasteiger partial charge < -0.3 is 16.0 Å². The standard InChI is InChI=1S/C23H26FN5O/c1-3-16-10-17(13-21-20(24)7-8-22(29-21)26-4-2)12-19(11-16)27-15-23(30)28-18-6-5-9-25-14-18/h5-12,14,27H,3-4,13,15H2,1-2H3,(H,26,29)(H,28,30). The molecule has 0 spiro atoms. The molecule has 0 aliphatic carbocycles. The van der Waals surface area contributed by atoms with Crippen molar-refractivity contribution in [1.29, 1.82) is 0 Å². The van der Waals surface area contributed by atoms with E-state index in [0.29, 0.717) is 23.6 Å². The summed E-state index contributed by atoms with van der Waals surface area (Å²) >= 11 is 0. The molecule has 0 radical (unpaired) electrons. The summed E-state index contributed by atoms with van der Waals surface area (Å²) in [7, 11) is 0. The van der Waals surface area contributed by atoms with Crippen molar-refractivity contribution >= 4 is 23.1 Å². The van der Waals surface area contributed by atoms with Crippen LogP contribution in [0.15, 0.2) is 54.9 Å². The van der Waals surface area contributed by atoms with Crippen LogP contribution < -0.4 is 16.0 Å². The highest BCUT2D eigenvalue weighted by Crippen LogP contribution is 2.20. The summed E-state index contributed by atoms with van der Waals surface area (Å²) in [5, 5.41) is 9.05. The average molecular weight is 407 g/mol. The Kier molecular flexibility index (Phi) is 7.32. The predicted molar refractivity (Wildman–Crippen MR) is 118 cm³/mol. The maximum Gasteiger partial charge on any atom is 0.243 e. The molecule has 7 heteroatoms. The van der Waals surface area contributed by atoms with Crippen molar-refractivity contribution in [3.05, 3.63) is 77.5 Å². The van der Waals surface area contributed by atoms with E-state index in [2.05, 4.69) is 32.8 Å². The van der Waals surface area contributed by atoms with E-state index >= 15 is 0 Å². The molecule has 1 amide bonds. The largest absolute Gasteiger partial charge is 0.376 e. The number of nitrogens with zero attached hydrogens (tertiary/aromatic N) is 2. The lowest BCUT2D eigenvalue weighted by Crippen LogP contribution is -2.21. The van der Waals surface area contributed by atoms with Gasteiger partial charge in [-0.15, -0.1) is 0 Å². The molecule has 6 nitrogen and oxygen atoms in total. The van der Waals surface area contributed by atoms with E-state index in [1.54, 1.807) is 30.6 Å². The van der Waals surface area contributed by atoms with E-state index in [1.807, 2.05) is 25.1 Å². The minimum absolute atomic E-state index is 0.115. The van der Waals surface area contributed by atoms with Gasteiger partial charge in [0.25, 0.3) is 0 Å². The minimum Gasteiger partial charge on any atom is -0.376 e. The van der Waals surface area contributed by atoms with Gasteiger partial charge >= 0.3 is 0 Å². The minimum atomic E-state index is -0.330. The van der Waals surface area contributed by atoms with Crippen LogP contribution in [-0.4, -0.2) is 29.0 Å². The number of benzene rings is 1. The highest BCUT2D eigenvalue weighted by molar-refractivity contribution is 5.93. The fourth-order valence-electron chi connectivity index (χ4n) is 3.08. The van der Waals surface area contributed by atoms with Gasteiger partial charge in [-0.05, 0) is 60.9 Å². The van der Waals surface area contributed by atoms with Gasteiger partial charge in [-0.2, -0.15) is 0 Å². The molecule has 156 valence electrons. The Bertz CT molecular complexity index is 994. The van der Waals surface area contributed by atoms with Crippen molar-refractivity contribution in [1.82, 2.24) is 9.97 Å². The first kappa shape index (κ1) is 21.2. The van der Waals surface area contributed by atoms with Crippen LogP contribution >= 0.6 is 0 Å². The first-order chi connectivity index (χ1) is 14.6. The smallest absolute Gasteiger partial charge is 0.243 e. The lowest BCUT2D eigenvalue weighted by molar-refractivity contribution is -0.114. The number of carbonyl (C=O) groups excluding carboxylic acids is 1. The molecule has 3 N–H and O–H groups in total.